The molecule has 0 atom stereocenters. The Hall–Kier alpha value is -5.48. The van der Waals surface area contributed by atoms with E-state index in [1.54, 1.807) is 78.9 Å². The summed E-state index contributed by atoms with van der Waals surface area (Å²) < 4.78 is 84.0. The van der Waals surface area contributed by atoms with Crippen LogP contribution in [0.2, 0.25) is 5.02 Å². The SMILES string of the molecule is COC(=O)c1cc(CN2CC(Oc3ccc(N(c4ccc(-c5ccc(F)cc5)cc4)[SH](=O)=O)c(C(=O)OC)c3)C2)ccc1NS(=O)(=O)CCc1ccc(Cl)cc1. The molecule has 1 aliphatic heterocycles. The van der Waals surface area contributed by atoms with Crippen LogP contribution in [-0.2, 0) is 43.4 Å². The van der Waals surface area contributed by atoms with E-state index in [4.69, 9.17) is 25.8 Å². The highest BCUT2D eigenvalue weighted by Crippen LogP contribution is 2.34. The largest absolute Gasteiger partial charge is 0.488 e. The third kappa shape index (κ3) is 9.84. The maximum Gasteiger partial charge on any atom is 0.340 e. The number of rotatable bonds is 15. The van der Waals surface area contributed by atoms with Gasteiger partial charge in [-0.05, 0) is 95.4 Å². The second-order valence-electron chi connectivity index (χ2n) is 12.9. The van der Waals surface area contributed by atoms with Gasteiger partial charge in [0.2, 0.25) is 20.9 Å². The third-order valence-electron chi connectivity index (χ3n) is 9.01. The number of carbonyl (C=O) groups is 2. The van der Waals surface area contributed by atoms with E-state index >= 15 is 0 Å². The topological polar surface area (TPSA) is 149 Å². The molecule has 0 spiro atoms. The molecule has 0 amide bonds. The van der Waals surface area contributed by atoms with Crippen LogP contribution in [-0.4, -0.2) is 72.8 Å². The van der Waals surface area contributed by atoms with Crippen molar-refractivity contribution in [3.63, 3.8) is 0 Å². The monoisotopic (exact) mass is 821 g/mol. The molecule has 16 heteroatoms. The zero-order chi connectivity index (χ0) is 40.0. The van der Waals surface area contributed by atoms with Crippen LogP contribution in [0.25, 0.3) is 11.1 Å². The van der Waals surface area contributed by atoms with Crippen LogP contribution in [0.3, 0.4) is 0 Å². The van der Waals surface area contributed by atoms with Crippen LogP contribution in [0.5, 0.6) is 5.75 Å². The van der Waals surface area contributed by atoms with E-state index in [2.05, 4.69) is 4.72 Å². The van der Waals surface area contributed by atoms with Crippen molar-refractivity contribution in [2.45, 2.75) is 19.1 Å². The summed E-state index contributed by atoms with van der Waals surface area (Å²) in [5.74, 6) is -1.71. The number of thiol groups is 1. The smallest absolute Gasteiger partial charge is 0.340 e. The van der Waals surface area contributed by atoms with Crippen LogP contribution in [0.4, 0.5) is 21.5 Å². The van der Waals surface area contributed by atoms with Crippen LogP contribution in [0.1, 0.15) is 31.8 Å². The average molecular weight is 822 g/mol. The molecular weight excluding hydrogens is 785 g/mol. The molecule has 1 fully saturated rings. The summed E-state index contributed by atoms with van der Waals surface area (Å²) in [7, 11) is -4.65. The summed E-state index contributed by atoms with van der Waals surface area (Å²) in [6.45, 7) is 1.40. The Morgan fingerprint density at radius 1 is 0.821 bits per heavy atom. The van der Waals surface area contributed by atoms with Crippen molar-refractivity contribution in [2.75, 3.05) is 42.1 Å². The van der Waals surface area contributed by atoms with Crippen molar-refractivity contribution in [3.8, 4) is 16.9 Å². The summed E-state index contributed by atoms with van der Waals surface area (Å²) in [6, 6.07) is 28.7. The molecule has 5 aromatic carbocycles. The lowest BCUT2D eigenvalue weighted by Gasteiger charge is -2.39. The van der Waals surface area contributed by atoms with Gasteiger partial charge in [0.05, 0.1) is 48.2 Å². The van der Waals surface area contributed by atoms with Gasteiger partial charge < -0.3 is 14.2 Å². The highest BCUT2D eigenvalue weighted by molar-refractivity contribution is 7.92. The van der Waals surface area contributed by atoms with Crippen LogP contribution in [0, 0.1) is 5.82 Å². The Balaban J connectivity index is 1.10. The van der Waals surface area contributed by atoms with Crippen LogP contribution < -0.4 is 13.8 Å². The summed E-state index contributed by atoms with van der Waals surface area (Å²) in [6.07, 6.45) is -0.0238. The van der Waals surface area contributed by atoms with Crippen molar-refractivity contribution >= 4 is 61.5 Å². The number of esters is 2. The van der Waals surface area contributed by atoms with E-state index in [9.17, 15) is 30.8 Å². The van der Waals surface area contributed by atoms with Gasteiger partial charge in [-0.1, -0.05) is 54.1 Å². The van der Waals surface area contributed by atoms with E-state index < -0.39 is 32.9 Å². The molecule has 0 radical (unpaired) electrons. The number of ether oxygens (including phenoxy) is 3. The zero-order valence-corrected chi connectivity index (χ0v) is 32.7. The Labute approximate surface area is 330 Å². The van der Waals surface area contributed by atoms with Crippen molar-refractivity contribution < 1.29 is 45.0 Å². The molecule has 12 nitrogen and oxygen atoms in total. The Morgan fingerprint density at radius 2 is 1.43 bits per heavy atom. The first kappa shape index (κ1) is 40.2. The second kappa shape index (κ2) is 17.5. The summed E-state index contributed by atoms with van der Waals surface area (Å²) in [4.78, 5) is 27.7. The lowest BCUT2D eigenvalue weighted by Crippen LogP contribution is -2.53. The number of aryl methyl sites for hydroxylation is 1. The number of benzene rings is 5. The number of halogens is 2. The van der Waals surface area contributed by atoms with Crippen molar-refractivity contribution in [1.29, 1.82) is 0 Å². The quantitative estimate of drug-likeness (QED) is 0.0871. The fraction of sp³-hybridized carbons (Fsp3) is 0.200. The van der Waals surface area contributed by atoms with Gasteiger partial charge in [0.25, 0.3) is 0 Å². The summed E-state index contributed by atoms with van der Waals surface area (Å²) >= 11 is 5.92. The van der Waals surface area contributed by atoms with Gasteiger partial charge in [0.15, 0.2) is 0 Å². The van der Waals surface area contributed by atoms with E-state index in [0.29, 0.717) is 30.4 Å². The first-order valence-electron chi connectivity index (χ1n) is 17.2. The second-order valence-corrected chi connectivity index (χ2v) is 16.0. The Kier molecular flexibility index (Phi) is 12.6. The van der Waals surface area contributed by atoms with Gasteiger partial charge in [-0.25, -0.2) is 35.1 Å². The molecule has 6 rings (SSSR count). The van der Waals surface area contributed by atoms with Gasteiger partial charge >= 0.3 is 11.9 Å². The van der Waals surface area contributed by atoms with E-state index in [0.717, 1.165) is 26.6 Å². The molecule has 56 heavy (non-hydrogen) atoms. The van der Waals surface area contributed by atoms with Crippen molar-refractivity contribution in [1.82, 2.24) is 4.90 Å². The Morgan fingerprint density at radius 3 is 2.05 bits per heavy atom. The number of likely N-dealkylation sites (tertiary alicyclic amines) is 1. The highest BCUT2D eigenvalue weighted by Gasteiger charge is 2.30. The number of hydrogen-bond acceptors (Lipinski definition) is 10. The number of carbonyl (C=O) groups excluding carboxylic acids is 2. The minimum absolute atomic E-state index is 0.0287. The molecule has 1 N–H and O–H groups in total. The minimum atomic E-state index is -3.81. The summed E-state index contributed by atoms with van der Waals surface area (Å²) in [5, 5.41) is 0.550. The maximum absolute atomic E-state index is 13.4. The molecule has 1 aliphatic rings. The molecule has 1 heterocycles. The van der Waals surface area contributed by atoms with Gasteiger partial charge in [0, 0.05) is 24.7 Å². The van der Waals surface area contributed by atoms with Crippen LogP contribution >= 0.6 is 11.6 Å². The number of sulfonamides is 1. The standard InChI is InChI=1S/C40H37ClFN3O9S2/c1-52-39(46)35-21-27(5-17-37(35)43-56(50,51)20-19-26-3-10-30(41)11-4-26)23-44-24-34(25-44)54-33-16-18-38(36(22-33)40(47)53-2)45(55(48)49)32-14-8-29(9-15-32)28-6-12-31(42)13-7-28/h3-18,21-22,34,43,55H,19-20,23-25H2,1-2H3. The van der Waals surface area contributed by atoms with E-state index in [1.807, 2.05) is 4.90 Å². The van der Waals surface area contributed by atoms with E-state index in [-0.39, 0.29) is 52.3 Å². The van der Waals surface area contributed by atoms with Gasteiger partial charge in [-0.3, -0.25) is 9.62 Å². The lowest BCUT2D eigenvalue weighted by atomic mass is 10.1. The van der Waals surface area contributed by atoms with Crippen molar-refractivity contribution in [2.24, 2.45) is 0 Å². The number of methoxy groups -OCH3 is 2. The maximum atomic E-state index is 13.4. The zero-order valence-electron chi connectivity index (χ0n) is 30.2. The highest BCUT2D eigenvalue weighted by atomic mass is 35.5. The average Bonchev–Trinajstić information content (AvgIpc) is 3.17. The molecule has 292 valence electrons. The molecule has 0 bridgehead atoms. The normalized spacial score (nSPS) is 13.2. The lowest BCUT2D eigenvalue weighted by molar-refractivity contribution is 0.0144. The van der Waals surface area contributed by atoms with Gasteiger partial charge in [-0.2, -0.15) is 0 Å². The number of hydrogen-bond donors (Lipinski definition) is 2. The molecule has 1 saturated heterocycles. The predicted molar refractivity (Wildman–Crippen MR) is 212 cm³/mol. The predicted octanol–water partition coefficient (Wildman–Crippen LogP) is 6.63. The van der Waals surface area contributed by atoms with Crippen LogP contribution in [0.15, 0.2) is 109 Å². The molecule has 0 aromatic heterocycles. The third-order valence-corrected chi connectivity index (χ3v) is 11.3. The molecule has 0 saturated carbocycles. The van der Waals surface area contributed by atoms with Crippen molar-refractivity contribution in [3.05, 3.63) is 142 Å². The first-order valence-corrected chi connectivity index (χ1v) is 20.4. The number of anilines is 3. The number of nitrogens with one attached hydrogen (secondary N) is 1. The van der Waals surface area contributed by atoms with E-state index in [1.165, 1.54) is 44.6 Å². The minimum Gasteiger partial charge on any atom is -0.488 e. The Bertz CT molecular complexity index is 2400. The fourth-order valence-corrected chi connectivity index (χ4v) is 8.08. The fourth-order valence-electron chi connectivity index (χ4n) is 6.16. The molecule has 5 aromatic rings. The molecular formula is C40H37ClFN3O9S2. The summed E-state index contributed by atoms with van der Waals surface area (Å²) in [5.41, 5.74) is 3.51. The molecule has 0 aliphatic carbocycles. The van der Waals surface area contributed by atoms with Gasteiger partial charge in [-0.15, -0.1) is 0 Å². The number of nitrogens with zero attached hydrogens (tertiary/aromatic N) is 2. The molecule has 0 unspecified atom stereocenters. The first-order chi connectivity index (χ1) is 26.8. The van der Waals surface area contributed by atoms with Gasteiger partial charge in [0.1, 0.15) is 17.7 Å².